The van der Waals surface area contributed by atoms with Crippen LogP contribution in [0.1, 0.15) is 15.9 Å². The Labute approximate surface area is 99.0 Å². The summed E-state index contributed by atoms with van der Waals surface area (Å²) in [5.74, 6) is -0.222. The predicted molar refractivity (Wildman–Crippen MR) is 65.2 cm³/mol. The summed E-state index contributed by atoms with van der Waals surface area (Å²) in [6, 6.07) is 13.5. The van der Waals surface area contributed by atoms with Crippen LogP contribution in [0, 0.1) is 0 Å². The van der Waals surface area contributed by atoms with E-state index in [9.17, 15) is 9.90 Å². The first-order valence-corrected chi connectivity index (χ1v) is 5.25. The zero-order chi connectivity index (χ0) is 11.5. The number of thiol groups is 1. The quantitative estimate of drug-likeness (QED) is 0.615. The molecule has 0 heterocycles. The van der Waals surface area contributed by atoms with Gasteiger partial charge in [0.05, 0.1) is 5.56 Å². The summed E-state index contributed by atoms with van der Waals surface area (Å²) in [7, 11) is 0. The monoisotopic (exact) mass is 230 g/mol. The van der Waals surface area contributed by atoms with Crippen LogP contribution in [0.25, 0.3) is 0 Å². The van der Waals surface area contributed by atoms with Crippen molar-refractivity contribution in [2.24, 2.45) is 0 Å². The van der Waals surface area contributed by atoms with Gasteiger partial charge in [-0.25, -0.2) is 0 Å². The number of hydrogen-bond acceptors (Lipinski definition) is 3. The third kappa shape index (κ3) is 2.09. The summed E-state index contributed by atoms with van der Waals surface area (Å²) >= 11 is 4.15. The fourth-order valence-corrected chi connectivity index (χ4v) is 1.65. The molecule has 2 nitrogen and oxygen atoms in total. The first kappa shape index (κ1) is 10.8. The van der Waals surface area contributed by atoms with Crippen molar-refractivity contribution in [3.63, 3.8) is 0 Å². The maximum Gasteiger partial charge on any atom is 0.196 e. The Balaban J connectivity index is 2.46. The van der Waals surface area contributed by atoms with Gasteiger partial charge in [0, 0.05) is 10.5 Å². The summed E-state index contributed by atoms with van der Waals surface area (Å²) in [6.07, 6.45) is 0. The molecule has 0 amide bonds. The van der Waals surface area contributed by atoms with E-state index in [-0.39, 0.29) is 17.1 Å². The molecule has 0 saturated heterocycles. The van der Waals surface area contributed by atoms with Crippen LogP contribution in [0.2, 0.25) is 0 Å². The van der Waals surface area contributed by atoms with Gasteiger partial charge in [0.25, 0.3) is 0 Å². The molecule has 0 aliphatic rings. The van der Waals surface area contributed by atoms with Gasteiger partial charge in [-0.05, 0) is 18.2 Å². The Kier molecular flexibility index (Phi) is 2.97. The molecular formula is C13H10O2S. The van der Waals surface area contributed by atoms with E-state index >= 15 is 0 Å². The maximum absolute atomic E-state index is 12.0. The number of phenolic OH excluding ortho intramolecular Hbond substituents is 1. The zero-order valence-corrected chi connectivity index (χ0v) is 9.32. The number of aromatic hydroxyl groups is 1. The third-order valence-corrected chi connectivity index (χ3v) is 2.54. The number of rotatable bonds is 2. The molecule has 0 radical (unpaired) electrons. The molecule has 0 bridgehead atoms. The van der Waals surface area contributed by atoms with Crippen LogP contribution < -0.4 is 0 Å². The zero-order valence-electron chi connectivity index (χ0n) is 8.42. The normalized spacial score (nSPS) is 10.1. The molecule has 0 saturated carbocycles. The van der Waals surface area contributed by atoms with Crippen molar-refractivity contribution in [2.75, 3.05) is 0 Å². The molecule has 0 aliphatic carbocycles. The molecule has 3 heteroatoms. The standard InChI is InChI=1S/C13H10O2S/c14-12-7-6-10(16)8-11(12)13(15)9-4-2-1-3-5-9/h1-8,14,16H. The molecule has 0 aliphatic heterocycles. The van der Waals surface area contributed by atoms with Gasteiger partial charge in [-0.3, -0.25) is 4.79 Å². The van der Waals surface area contributed by atoms with Crippen molar-refractivity contribution in [1.29, 1.82) is 0 Å². The summed E-state index contributed by atoms with van der Waals surface area (Å²) in [5, 5.41) is 9.61. The number of ketones is 1. The van der Waals surface area contributed by atoms with Crippen molar-refractivity contribution in [2.45, 2.75) is 4.90 Å². The minimum atomic E-state index is -0.200. The second-order valence-electron chi connectivity index (χ2n) is 3.40. The molecule has 0 spiro atoms. The Morgan fingerprint density at radius 3 is 2.44 bits per heavy atom. The lowest BCUT2D eigenvalue weighted by Crippen LogP contribution is -2.01. The Morgan fingerprint density at radius 2 is 1.75 bits per heavy atom. The van der Waals surface area contributed by atoms with Crippen LogP contribution in [-0.4, -0.2) is 10.9 Å². The highest BCUT2D eigenvalue weighted by atomic mass is 32.1. The molecule has 0 aromatic heterocycles. The Hall–Kier alpha value is -1.74. The predicted octanol–water partition coefficient (Wildman–Crippen LogP) is 2.91. The van der Waals surface area contributed by atoms with Crippen LogP contribution in [-0.2, 0) is 0 Å². The van der Waals surface area contributed by atoms with Gasteiger partial charge < -0.3 is 5.11 Å². The van der Waals surface area contributed by atoms with Crippen LogP contribution >= 0.6 is 12.6 Å². The summed E-state index contributed by atoms with van der Waals surface area (Å²) in [4.78, 5) is 12.7. The van der Waals surface area contributed by atoms with Gasteiger partial charge in [0.1, 0.15) is 5.75 Å². The summed E-state index contributed by atoms with van der Waals surface area (Å²) < 4.78 is 0. The van der Waals surface area contributed by atoms with E-state index in [4.69, 9.17) is 0 Å². The van der Waals surface area contributed by atoms with Crippen LogP contribution in [0.5, 0.6) is 5.75 Å². The number of benzene rings is 2. The second kappa shape index (κ2) is 4.41. The first-order valence-electron chi connectivity index (χ1n) is 4.80. The number of carbonyl (C=O) groups excluding carboxylic acids is 1. The van der Waals surface area contributed by atoms with E-state index in [2.05, 4.69) is 12.6 Å². The lowest BCUT2D eigenvalue weighted by Gasteiger charge is -2.04. The molecule has 0 atom stereocenters. The molecule has 2 aromatic carbocycles. The van der Waals surface area contributed by atoms with Crippen molar-refractivity contribution < 1.29 is 9.90 Å². The minimum absolute atomic E-state index is 0.0216. The smallest absolute Gasteiger partial charge is 0.196 e. The average molecular weight is 230 g/mol. The Bertz CT molecular complexity index is 521. The van der Waals surface area contributed by atoms with Crippen molar-refractivity contribution >= 4 is 18.4 Å². The van der Waals surface area contributed by atoms with E-state index in [1.54, 1.807) is 36.4 Å². The van der Waals surface area contributed by atoms with Gasteiger partial charge in [-0.15, -0.1) is 12.6 Å². The highest BCUT2D eigenvalue weighted by Gasteiger charge is 2.12. The van der Waals surface area contributed by atoms with Crippen molar-refractivity contribution in [3.8, 4) is 5.75 Å². The largest absolute Gasteiger partial charge is 0.507 e. The van der Waals surface area contributed by atoms with E-state index in [0.29, 0.717) is 10.5 Å². The van der Waals surface area contributed by atoms with Crippen LogP contribution in [0.15, 0.2) is 53.4 Å². The maximum atomic E-state index is 12.0. The van der Waals surface area contributed by atoms with Gasteiger partial charge in [-0.2, -0.15) is 0 Å². The highest BCUT2D eigenvalue weighted by Crippen LogP contribution is 2.23. The minimum Gasteiger partial charge on any atom is -0.507 e. The van der Waals surface area contributed by atoms with Gasteiger partial charge in [0.2, 0.25) is 0 Å². The van der Waals surface area contributed by atoms with Crippen LogP contribution in [0.4, 0.5) is 0 Å². The molecule has 0 fully saturated rings. The molecule has 16 heavy (non-hydrogen) atoms. The van der Waals surface area contributed by atoms with Crippen LogP contribution in [0.3, 0.4) is 0 Å². The molecular weight excluding hydrogens is 220 g/mol. The van der Waals surface area contributed by atoms with Crippen molar-refractivity contribution in [3.05, 3.63) is 59.7 Å². The fraction of sp³-hybridized carbons (Fsp3) is 0. The van der Waals surface area contributed by atoms with E-state index in [1.165, 1.54) is 6.07 Å². The first-order chi connectivity index (χ1) is 7.68. The van der Waals surface area contributed by atoms with E-state index in [1.807, 2.05) is 6.07 Å². The van der Waals surface area contributed by atoms with Gasteiger partial charge >= 0.3 is 0 Å². The fourth-order valence-electron chi connectivity index (χ4n) is 1.45. The average Bonchev–Trinajstić information content (AvgIpc) is 2.32. The summed E-state index contributed by atoms with van der Waals surface area (Å²) in [5.41, 5.74) is 0.829. The molecule has 2 rings (SSSR count). The molecule has 1 N–H and O–H groups in total. The number of phenols is 1. The SMILES string of the molecule is O=C(c1ccccc1)c1cc(S)ccc1O. The molecule has 0 unspecified atom stereocenters. The Morgan fingerprint density at radius 1 is 1.06 bits per heavy atom. The van der Waals surface area contributed by atoms with E-state index in [0.717, 1.165) is 0 Å². The summed E-state index contributed by atoms with van der Waals surface area (Å²) in [6.45, 7) is 0. The second-order valence-corrected chi connectivity index (χ2v) is 3.91. The van der Waals surface area contributed by atoms with Gasteiger partial charge in [0.15, 0.2) is 5.78 Å². The lowest BCUT2D eigenvalue weighted by atomic mass is 10.0. The molecule has 80 valence electrons. The lowest BCUT2D eigenvalue weighted by molar-refractivity contribution is 0.103. The molecule has 2 aromatic rings. The van der Waals surface area contributed by atoms with Gasteiger partial charge in [-0.1, -0.05) is 30.3 Å². The topological polar surface area (TPSA) is 37.3 Å². The number of carbonyl (C=O) groups is 1. The number of hydrogen-bond donors (Lipinski definition) is 2. The van der Waals surface area contributed by atoms with E-state index < -0.39 is 0 Å². The van der Waals surface area contributed by atoms with Crippen molar-refractivity contribution in [1.82, 2.24) is 0 Å². The highest BCUT2D eigenvalue weighted by molar-refractivity contribution is 7.80. The third-order valence-electron chi connectivity index (χ3n) is 2.26.